The van der Waals surface area contributed by atoms with Gasteiger partial charge in [0.2, 0.25) is 11.8 Å². The Kier molecular flexibility index (Phi) is 5.64. The molecule has 0 aromatic heterocycles. The van der Waals surface area contributed by atoms with Crippen molar-refractivity contribution in [1.82, 2.24) is 5.32 Å². The number of methoxy groups -OCH3 is 1. The fourth-order valence-electron chi connectivity index (χ4n) is 2.93. The standard InChI is InChI=1S/C21H24N2O4/c1-23(16-6-4-3-5-7-16)20(25)21(12-13-21)19(24)22-14-15-27-18-10-8-17(26-2)9-11-18/h3-11H,12-15H2,1-2H3,(H,22,24). The van der Waals surface area contributed by atoms with Crippen LogP contribution in [-0.4, -0.2) is 39.1 Å². The molecular weight excluding hydrogens is 344 g/mol. The average molecular weight is 368 g/mol. The summed E-state index contributed by atoms with van der Waals surface area (Å²) in [6.45, 7) is 0.672. The summed E-state index contributed by atoms with van der Waals surface area (Å²) in [7, 11) is 3.31. The van der Waals surface area contributed by atoms with Gasteiger partial charge in [0.25, 0.3) is 0 Å². The van der Waals surface area contributed by atoms with Gasteiger partial charge in [-0.15, -0.1) is 0 Å². The van der Waals surface area contributed by atoms with Crippen LogP contribution in [0.3, 0.4) is 0 Å². The third kappa shape index (κ3) is 4.22. The van der Waals surface area contributed by atoms with Gasteiger partial charge < -0.3 is 19.7 Å². The van der Waals surface area contributed by atoms with Gasteiger partial charge in [-0.3, -0.25) is 9.59 Å². The molecule has 6 nitrogen and oxygen atoms in total. The van der Waals surface area contributed by atoms with Crippen molar-refractivity contribution in [3.8, 4) is 11.5 Å². The zero-order valence-electron chi connectivity index (χ0n) is 15.6. The lowest BCUT2D eigenvalue weighted by molar-refractivity contribution is -0.135. The lowest BCUT2D eigenvalue weighted by atomic mass is 10.0. The minimum absolute atomic E-state index is 0.165. The van der Waals surface area contributed by atoms with Gasteiger partial charge in [-0.1, -0.05) is 18.2 Å². The molecule has 1 saturated carbocycles. The molecule has 0 unspecified atom stereocenters. The quantitative estimate of drug-likeness (QED) is 0.575. The molecule has 142 valence electrons. The number of anilines is 1. The summed E-state index contributed by atoms with van der Waals surface area (Å²) < 4.78 is 10.7. The van der Waals surface area contributed by atoms with Crippen LogP contribution >= 0.6 is 0 Å². The Morgan fingerprint density at radius 1 is 1.04 bits per heavy atom. The topological polar surface area (TPSA) is 67.9 Å². The molecule has 6 heteroatoms. The van der Waals surface area contributed by atoms with Crippen molar-refractivity contribution in [1.29, 1.82) is 0 Å². The third-order valence-electron chi connectivity index (χ3n) is 4.76. The van der Waals surface area contributed by atoms with E-state index >= 15 is 0 Å². The summed E-state index contributed by atoms with van der Waals surface area (Å²) in [6.07, 6.45) is 1.16. The number of rotatable bonds is 8. The smallest absolute Gasteiger partial charge is 0.242 e. The second-order valence-corrected chi connectivity index (χ2v) is 6.56. The predicted molar refractivity (Wildman–Crippen MR) is 103 cm³/mol. The van der Waals surface area contributed by atoms with E-state index in [0.29, 0.717) is 31.7 Å². The predicted octanol–water partition coefficient (Wildman–Crippen LogP) is 2.63. The van der Waals surface area contributed by atoms with Crippen molar-refractivity contribution in [3.05, 3.63) is 54.6 Å². The Labute approximate surface area is 159 Å². The van der Waals surface area contributed by atoms with E-state index in [1.54, 1.807) is 31.2 Å². The number of ether oxygens (including phenoxy) is 2. The van der Waals surface area contributed by atoms with Crippen LogP contribution in [0.15, 0.2) is 54.6 Å². The van der Waals surface area contributed by atoms with Crippen molar-refractivity contribution in [2.24, 2.45) is 5.41 Å². The van der Waals surface area contributed by atoms with Gasteiger partial charge in [-0.25, -0.2) is 0 Å². The van der Waals surface area contributed by atoms with Crippen LogP contribution in [0.25, 0.3) is 0 Å². The number of benzene rings is 2. The highest BCUT2D eigenvalue weighted by Crippen LogP contribution is 2.47. The highest BCUT2D eigenvalue weighted by Gasteiger charge is 2.57. The van der Waals surface area contributed by atoms with E-state index in [-0.39, 0.29) is 11.8 Å². The molecule has 1 aliphatic rings. The Morgan fingerprint density at radius 3 is 2.26 bits per heavy atom. The van der Waals surface area contributed by atoms with E-state index in [1.165, 1.54) is 0 Å². The summed E-state index contributed by atoms with van der Waals surface area (Å²) >= 11 is 0. The van der Waals surface area contributed by atoms with Crippen LogP contribution in [0.4, 0.5) is 5.69 Å². The number of carbonyl (C=O) groups is 2. The number of carbonyl (C=O) groups excluding carboxylic acids is 2. The number of hydrogen-bond donors (Lipinski definition) is 1. The molecule has 0 aliphatic heterocycles. The van der Waals surface area contributed by atoms with E-state index in [0.717, 1.165) is 11.4 Å². The fraction of sp³-hybridized carbons (Fsp3) is 0.333. The molecular formula is C21H24N2O4. The summed E-state index contributed by atoms with van der Waals surface area (Å²) in [4.78, 5) is 26.9. The third-order valence-corrected chi connectivity index (χ3v) is 4.76. The van der Waals surface area contributed by atoms with Crippen LogP contribution in [-0.2, 0) is 9.59 Å². The van der Waals surface area contributed by atoms with Crippen LogP contribution in [0.5, 0.6) is 11.5 Å². The maximum absolute atomic E-state index is 12.8. The first-order valence-corrected chi connectivity index (χ1v) is 8.95. The lowest BCUT2D eigenvalue weighted by Gasteiger charge is -2.23. The molecule has 2 amide bonds. The zero-order valence-corrected chi connectivity index (χ0v) is 15.6. The lowest BCUT2D eigenvalue weighted by Crippen LogP contribution is -2.44. The highest BCUT2D eigenvalue weighted by molar-refractivity contribution is 6.13. The molecule has 2 aromatic carbocycles. The largest absolute Gasteiger partial charge is 0.497 e. The SMILES string of the molecule is COc1ccc(OCCNC(=O)C2(C(=O)N(C)c3ccccc3)CC2)cc1. The Balaban J connectivity index is 1.49. The van der Waals surface area contributed by atoms with Crippen molar-refractivity contribution in [3.63, 3.8) is 0 Å². The van der Waals surface area contributed by atoms with Gasteiger partial charge in [0.05, 0.1) is 13.7 Å². The maximum atomic E-state index is 12.8. The molecule has 0 heterocycles. The van der Waals surface area contributed by atoms with Crippen LogP contribution in [0, 0.1) is 5.41 Å². The maximum Gasteiger partial charge on any atom is 0.242 e. The second-order valence-electron chi connectivity index (χ2n) is 6.56. The summed E-state index contributed by atoms with van der Waals surface area (Å²) in [5.41, 5.74) is -0.158. The first-order valence-electron chi connectivity index (χ1n) is 8.95. The Morgan fingerprint density at radius 2 is 1.67 bits per heavy atom. The van der Waals surface area contributed by atoms with Gasteiger partial charge in [0.15, 0.2) is 0 Å². The van der Waals surface area contributed by atoms with Gasteiger partial charge in [0, 0.05) is 12.7 Å². The van der Waals surface area contributed by atoms with E-state index in [4.69, 9.17) is 9.47 Å². The molecule has 0 atom stereocenters. The number of hydrogen-bond acceptors (Lipinski definition) is 4. The monoisotopic (exact) mass is 368 g/mol. The molecule has 3 rings (SSSR count). The van der Waals surface area contributed by atoms with Crippen molar-refractivity contribution in [2.45, 2.75) is 12.8 Å². The van der Waals surface area contributed by atoms with Crippen molar-refractivity contribution in [2.75, 3.05) is 32.2 Å². The Hall–Kier alpha value is -3.02. The molecule has 0 bridgehead atoms. The van der Waals surface area contributed by atoms with Gasteiger partial charge in [0.1, 0.15) is 23.5 Å². The second kappa shape index (κ2) is 8.12. The first-order chi connectivity index (χ1) is 13.1. The molecule has 0 radical (unpaired) electrons. The Bertz CT molecular complexity index is 786. The minimum Gasteiger partial charge on any atom is -0.497 e. The first kappa shape index (κ1) is 18.8. The van der Waals surface area contributed by atoms with Crippen molar-refractivity contribution >= 4 is 17.5 Å². The molecule has 0 saturated heterocycles. The number of amides is 2. The van der Waals surface area contributed by atoms with Gasteiger partial charge >= 0.3 is 0 Å². The minimum atomic E-state index is -0.940. The molecule has 2 aromatic rings. The van der Waals surface area contributed by atoms with Crippen LogP contribution < -0.4 is 19.7 Å². The summed E-state index contributed by atoms with van der Waals surface area (Å²) in [5.74, 6) is 1.06. The number of para-hydroxylation sites is 1. The van der Waals surface area contributed by atoms with Crippen LogP contribution in [0.1, 0.15) is 12.8 Å². The van der Waals surface area contributed by atoms with E-state index in [2.05, 4.69) is 5.32 Å². The number of nitrogens with one attached hydrogen (secondary N) is 1. The fourth-order valence-corrected chi connectivity index (χ4v) is 2.93. The van der Waals surface area contributed by atoms with Crippen molar-refractivity contribution < 1.29 is 19.1 Å². The normalized spacial score (nSPS) is 14.1. The van der Waals surface area contributed by atoms with E-state index in [1.807, 2.05) is 42.5 Å². The highest BCUT2D eigenvalue weighted by atomic mass is 16.5. The van der Waals surface area contributed by atoms with Gasteiger partial charge in [-0.2, -0.15) is 0 Å². The molecule has 0 spiro atoms. The van der Waals surface area contributed by atoms with Crippen LogP contribution in [0.2, 0.25) is 0 Å². The molecule has 1 fully saturated rings. The molecule has 1 aliphatic carbocycles. The van der Waals surface area contributed by atoms with Gasteiger partial charge in [-0.05, 0) is 49.2 Å². The molecule has 1 N–H and O–H groups in total. The summed E-state index contributed by atoms with van der Waals surface area (Å²) in [6, 6.07) is 16.6. The van der Waals surface area contributed by atoms with E-state index < -0.39 is 5.41 Å². The molecule has 27 heavy (non-hydrogen) atoms. The average Bonchev–Trinajstić information content (AvgIpc) is 3.53. The zero-order chi connectivity index (χ0) is 19.3. The van der Waals surface area contributed by atoms with E-state index in [9.17, 15) is 9.59 Å². The summed E-state index contributed by atoms with van der Waals surface area (Å²) in [5, 5.41) is 2.83. The number of nitrogens with zero attached hydrogens (tertiary/aromatic N) is 1.